The van der Waals surface area contributed by atoms with Crippen LogP contribution in [0.1, 0.15) is 17.5 Å². The van der Waals surface area contributed by atoms with Crippen LogP contribution in [0, 0.1) is 0 Å². The van der Waals surface area contributed by atoms with Crippen LogP contribution in [0.25, 0.3) is 5.65 Å². The summed E-state index contributed by atoms with van der Waals surface area (Å²) in [4.78, 5) is 21.0. The van der Waals surface area contributed by atoms with Crippen LogP contribution in [-0.4, -0.2) is 45.6 Å². The molecule has 2 aromatic heterocycles. The van der Waals surface area contributed by atoms with Gasteiger partial charge >= 0.3 is 0 Å². The van der Waals surface area contributed by atoms with Crippen LogP contribution in [0.3, 0.4) is 0 Å². The number of amides is 1. The summed E-state index contributed by atoms with van der Waals surface area (Å²) in [6, 6.07) is 10.0. The van der Waals surface area contributed by atoms with E-state index in [4.69, 9.17) is 9.72 Å². The molecule has 0 atom stereocenters. The molecule has 0 aliphatic carbocycles. The minimum absolute atomic E-state index is 0.112. The third-order valence-electron chi connectivity index (χ3n) is 4.83. The monoisotopic (exact) mass is 377 g/mol. The summed E-state index contributed by atoms with van der Waals surface area (Å²) in [6.45, 7) is 5.88. The highest BCUT2D eigenvalue weighted by Crippen LogP contribution is 2.20. The first kappa shape index (κ1) is 18.0. The summed E-state index contributed by atoms with van der Waals surface area (Å²) in [5.74, 6) is 1.57. The Hall–Kier alpha value is -3.35. The predicted molar refractivity (Wildman–Crippen MR) is 107 cm³/mol. The molecule has 3 heterocycles. The molecule has 0 N–H and O–H groups in total. The van der Waals surface area contributed by atoms with Gasteiger partial charge in [-0.3, -0.25) is 4.79 Å². The van der Waals surface area contributed by atoms with Gasteiger partial charge in [-0.2, -0.15) is 5.10 Å². The summed E-state index contributed by atoms with van der Waals surface area (Å²) in [6.07, 6.45) is 5.74. The number of hydrogen-bond donors (Lipinski definition) is 0. The van der Waals surface area contributed by atoms with Gasteiger partial charge in [-0.1, -0.05) is 18.7 Å². The zero-order chi connectivity index (χ0) is 19.5. The molecule has 0 saturated carbocycles. The van der Waals surface area contributed by atoms with E-state index < -0.39 is 0 Å². The fraction of sp³-hybridized carbons (Fsp3) is 0.286. The normalized spacial score (nSPS) is 15.0. The second-order valence-corrected chi connectivity index (χ2v) is 6.89. The van der Waals surface area contributed by atoms with Gasteiger partial charge in [0.2, 0.25) is 5.91 Å². The number of rotatable bonds is 1. The Kier molecular flexibility index (Phi) is 4.97. The SMILES string of the molecule is C=CC(=O)N1CCCOc2cccc(c2)CN(C)c2ccn3ncc(c3n2)C1. The number of hydrogen-bond acceptors (Lipinski definition) is 5. The lowest BCUT2D eigenvalue weighted by atomic mass is 10.2. The second-order valence-electron chi connectivity index (χ2n) is 6.89. The number of nitrogens with zero attached hydrogens (tertiary/aromatic N) is 5. The Morgan fingerprint density at radius 2 is 2.18 bits per heavy atom. The Morgan fingerprint density at radius 1 is 1.29 bits per heavy atom. The number of ether oxygens (including phenoxy) is 1. The lowest BCUT2D eigenvalue weighted by molar-refractivity contribution is -0.126. The van der Waals surface area contributed by atoms with Crippen molar-refractivity contribution < 1.29 is 9.53 Å². The van der Waals surface area contributed by atoms with E-state index in [1.54, 1.807) is 15.6 Å². The van der Waals surface area contributed by atoms with Crippen molar-refractivity contribution in [1.29, 1.82) is 0 Å². The number of carbonyl (C=O) groups excluding carboxylic acids is 1. The maximum Gasteiger partial charge on any atom is 0.246 e. The molecular weight excluding hydrogens is 354 g/mol. The minimum atomic E-state index is -0.112. The van der Waals surface area contributed by atoms with Crippen molar-refractivity contribution in [1.82, 2.24) is 19.5 Å². The van der Waals surface area contributed by atoms with Gasteiger partial charge in [-0.05, 0) is 36.3 Å². The van der Waals surface area contributed by atoms with Crippen LogP contribution in [-0.2, 0) is 17.9 Å². The molecule has 0 fully saturated rings. The molecule has 1 aromatic carbocycles. The van der Waals surface area contributed by atoms with Gasteiger partial charge in [0.1, 0.15) is 11.6 Å². The van der Waals surface area contributed by atoms with Gasteiger partial charge in [0.05, 0.1) is 19.3 Å². The van der Waals surface area contributed by atoms with Crippen LogP contribution in [0.5, 0.6) is 5.75 Å². The quantitative estimate of drug-likeness (QED) is 0.610. The molecule has 4 bridgehead atoms. The summed E-state index contributed by atoms with van der Waals surface area (Å²) < 4.78 is 7.64. The minimum Gasteiger partial charge on any atom is -0.494 e. The van der Waals surface area contributed by atoms with Crippen molar-refractivity contribution in [3.8, 4) is 5.75 Å². The molecule has 0 spiro atoms. The van der Waals surface area contributed by atoms with Gasteiger partial charge in [0, 0.05) is 31.9 Å². The fourth-order valence-corrected chi connectivity index (χ4v) is 3.37. The summed E-state index contributed by atoms with van der Waals surface area (Å²) in [5.41, 5.74) is 2.81. The molecule has 3 aromatic rings. The smallest absolute Gasteiger partial charge is 0.246 e. The molecule has 4 rings (SSSR count). The highest BCUT2D eigenvalue weighted by Gasteiger charge is 2.16. The van der Waals surface area contributed by atoms with E-state index in [1.165, 1.54) is 6.08 Å². The molecule has 1 amide bonds. The first-order valence-electron chi connectivity index (χ1n) is 9.31. The van der Waals surface area contributed by atoms with Crippen LogP contribution < -0.4 is 9.64 Å². The van der Waals surface area contributed by atoms with Gasteiger partial charge in [-0.25, -0.2) is 9.50 Å². The number of benzene rings is 1. The maximum absolute atomic E-state index is 12.3. The maximum atomic E-state index is 12.3. The number of anilines is 1. The first-order chi connectivity index (χ1) is 13.6. The van der Waals surface area contributed by atoms with E-state index in [1.807, 2.05) is 37.5 Å². The largest absolute Gasteiger partial charge is 0.494 e. The van der Waals surface area contributed by atoms with Gasteiger partial charge < -0.3 is 14.5 Å². The second kappa shape index (κ2) is 7.72. The molecule has 28 heavy (non-hydrogen) atoms. The molecule has 7 heteroatoms. The van der Waals surface area contributed by atoms with Crippen LogP contribution in [0.4, 0.5) is 5.82 Å². The molecule has 0 unspecified atom stereocenters. The topological polar surface area (TPSA) is 63.0 Å². The summed E-state index contributed by atoms with van der Waals surface area (Å²) >= 11 is 0. The fourth-order valence-electron chi connectivity index (χ4n) is 3.37. The number of fused-ring (bicyclic) bond motifs is 3. The Bertz CT molecular complexity index is 1010. The predicted octanol–water partition coefficient (Wildman–Crippen LogP) is 2.66. The lowest BCUT2D eigenvalue weighted by Crippen LogP contribution is -2.30. The van der Waals surface area contributed by atoms with Crippen molar-refractivity contribution in [2.75, 3.05) is 25.1 Å². The average Bonchev–Trinajstić information content (AvgIpc) is 3.11. The van der Waals surface area contributed by atoms with Crippen LogP contribution in [0.15, 0.2) is 55.4 Å². The zero-order valence-electron chi connectivity index (χ0n) is 15.9. The highest BCUT2D eigenvalue weighted by molar-refractivity contribution is 5.87. The Morgan fingerprint density at radius 3 is 3.04 bits per heavy atom. The van der Waals surface area contributed by atoms with E-state index >= 15 is 0 Å². The van der Waals surface area contributed by atoms with Crippen molar-refractivity contribution in [3.63, 3.8) is 0 Å². The average molecular weight is 377 g/mol. The molecule has 1 aliphatic heterocycles. The Balaban J connectivity index is 1.74. The standard InChI is InChI=1S/C21H23N5O2/c1-3-20(27)25-9-5-11-28-18-7-4-6-16(12-18)14-24(2)19-8-10-26-21(23-19)17(15-25)13-22-26/h3-4,6-8,10,12-13H,1,5,9,11,14-15H2,2H3. The summed E-state index contributed by atoms with van der Waals surface area (Å²) in [7, 11) is 2.01. The van der Waals surface area contributed by atoms with E-state index in [0.717, 1.165) is 34.8 Å². The summed E-state index contributed by atoms with van der Waals surface area (Å²) in [5, 5.41) is 4.38. The first-order valence-corrected chi connectivity index (χ1v) is 9.31. The molecule has 0 radical (unpaired) electrons. The molecule has 1 aliphatic rings. The van der Waals surface area contributed by atoms with Crippen molar-refractivity contribution in [2.24, 2.45) is 0 Å². The number of aromatic nitrogens is 3. The lowest BCUT2D eigenvalue weighted by Gasteiger charge is -2.21. The Labute approximate surface area is 163 Å². The van der Waals surface area contributed by atoms with Crippen molar-refractivity contribution in [2.45, 2.75) is 19.5 Å². The van der Waals surface area contributed by atoms with Gasteiger partial charge in [-0.15, -0.1) is 0 Å². The van der Waals surface area contributed by atoms with E-state index in [0.29, 0.717) is 26.2 Å². The van der Waals surface area contributed by atoms with Gasteiger partial charge in [0.15, 0.2) is 5.65 Å². The molecule has 0 saturated heterocycles. The van der Waals surface area contributed by atoms with Crippen LogP contribution in [0.2, 0.25) is 0 Å². The van der Waals surface area contributed by atoms with E-state index in [-0.39, 0.29) is 5.91 Å². The molecular formula is C21H23N5O2. The third kappa shape index (κ3) is 3.69. The third-order valence-corrected chi connectivity index (χ3v) is 4.83. The van der Waals surface area contributed by atoms with Crippen molar-refractivity contribution >= 4 is 17.4 Å². The number of carbonyl (C=O) groups is 1. The molecule has 7 nitrogen and oxygen atoms in total. The highest BCUT2D eigenvalue weighted by atomic mass is 16.5. The zero-order valence-corrected chi connectivity index (χ0v) is 15.9. The van der Waals surface area contributed by atoms with Crippen molar-refractivity contribution in [3.05, 3.63) is 66.5 Å². The molecule has 144 valence electrons. The van der Waals surface area contributed by atoms with Crippen LogP contribution >= 0.6 is 0 Å². The van der Waals surface area contributed by atoms with Gasteiger partial charge in [0.25, 0.3) is 0 Å². The van der Waals surface area contributed by atoms with E-state index in [9.17, 15) is 4.79 Å². The van der Waals surface area contributed by atoms with E-state index in [2.05, 4.69) is 22.6 Å².